The summed E-state index contributed by atoms with van der Waals surface area (Å²) >= 11 is 0. The summed E-state index contributed by atoms with van der Waals surface area (Å²) in [5, 5.41) is 0. The minimum absolute atomic E-state index is 0.0836. The highest BCUT2D eigenvalue weighted by molar-refractivity contribution is 5.75. The van der Waals surface area contributed by atoms with Crippen molar-refractivity contribution < 1.29 is 4.79 Å². The lowest BCUT2D eigenvalue weighted by molar-refractivity contribution is -0.121. The summed E-state index contributed by atoms with van der Waals surface area (Å²) in [5.74, 6) is 5.63. The molecule has 0 aromatic heterocycles. The Bertz CT molecular complexity index is 191. The van der Waals surface area contributed by atoms with Crippen molar-refractivity contribution in [3.05, 3.63) is 0 Å². The Labute approximate surface area is 99.5 Å². The molecule has 0 aromatic rings. The number of carbonyl (C=O) groups is 1. The molecule has 16 heavy (non-hydrogen) atoms. The average molecular weight is 229 g/mol. The predicted octanol–water partition coefficient (Wildman–Crippen LogP) is 1.51. The van der Waals surface area contributed by atoms with Gasteiger partial charge in [-0.25, -0.2) is 5.84 Å². The van der Waals surface area contributed by atoms with Crippen LogP contribution in [0.15, 0.2) is 0 Å². The van der Waals surface area contributed by atoms with Gasteiger partial charge in [-0.1, -0.05) is 27.7 Å². The maximum absolute atomic E-state index is 11.1. The van der Waals surface area contributed by atoms with Gasteiger partial charge in [0.2, 0.25) is 5.91 Å². The molecule has 0 radical (unpaired) electrons. The number of nitrogens with zero attached hydrogens (tertiary/aromatic N) is 1. The average Bonchev–Trinajstić information content (AvgIpc) is 2.26. The molecule has 0 spiro atoms. The molecule has 0 saturated carbocycles. The minimum atomic E-state index is -0.0836. The SMILES string of the molecule is CCC(CC)N(CCC(=O)NN)CC(C)C. The fraction of sp³-hybridized carbons (Fsp3) is 0.917. The Morgan fingerprint density at radius 3 is 2.25 bits per heavy atom. The lowest BCUT2D eigenvalue weighted by Crippen LogP contribution is -2.40. The Morgan fingerprint density at radius 1 is 1.31 bits per heavy atom. The number of nitrogens with one attached hydrogen (secondary N) is 1. The second kappa shape index (κ2) is 8.53. The van der Waals surface area contributed by atoms with Crippen molar-refractivity contribution >= 4 is 5.91 Å². The van der Waals surface area contributed by atoms with Gasteiger partial charge in [-0.2, -0.15) is 0 Å². The first-order chi connectivity index (χ1) is 7.54. The zero-order valence-corrected chi connectivity index (χ0v) is 11.1. The molecule has 0 atom stereocenters. The number of hydrogen-bond acceptors (Lipinski definition) is 3. The van der Waals surface area contributed by atoms with Crippen LogP contribution in [0, 0.1) is 5.92 Å². The van der Waals surface area contributed by atoms with Crippen molar-refractivity contribution in [2.75, 3.05) is 13.1 Å². The van der Waals surface area contributed by atoms with Gasteiger partial charge in [-0.3, -0.25) is 15.1 Å². The predicted molar refractivity (Wildman–Crippen MR) is 67.7 cm³/mol. The summed E-state index contributed by atoms with van der Waals surface area (Å²) in [7, 11) is 0. The van der Waals surface area contributed by atoms with Crippen molar-refractivity contribution in [1.82, 2.24) is 10.3 Å². The summed E-state index contributed by atoms with van der Waals surface area (Å²) < 4.78 is 0. The number of nitrogens with two attached hydrogens (primary N) is 1. The number of rotatable bonds is 8. The minimum Gasteiger partial charge on any atom is -0.300 e. The molecule has 0 rings (SSSR count). The topological polar surface area (TPSA) is 58.4 Å². The van der Waals surface area contributed by atoms with Gasteiger partial charge in [0.25, 0.3) is 0 Å². The van der Waals surface area contributed by atoms with E-state index < -0.39 is 0 Å². The molecule has 3 N–H and O–H groups in total. The third-order valence-electron chi connectivity index (χ3n) is 2.85. The van der Waals surface area contributed by atoms with Crippen LogP contribution in [-0.2, 0) is 4.79 Å². The van der Waals surface area contributed by atoms with Crippen LogP contribution < -0.4 is 11.3 Å². The molecule has 0 heterocycles. The van der Waals surface area contributed by atoms with E-state index >= 15 is 0 Å². The standard InChI is InChI=1S/C12H27N3O/c1-5-11(6-2)15(9-10(3)4)8-7-12(16)14-13/h10-11H,5-9,13H2,1-4H3,(H,14,16). The van der Waals surface area contributed by atoms with Crippen molar-refractivity contribution in [3.8, 4) is 0 Å². The molecule has 0 bridgehead atoms. The van der Waals surface area contributed by atoms with E-state index in [0.717, 1.165) is 25.9 Å². The molecule has 4 nitrogen and oxygen atoms in total. The molecule has 4 heteroatoms. The first-order valence-corrected chi connectivity index (χ1v) is 6.28. The molecule has 1 amide bonds. The first-order valence-electron chi connectivity index (χ1n) is 6.28. The molecule has 0 aliphatic heterocycles. The third-order valence-corrected chi connectivity index (χ3v) is 2.85. The molecule has 0 fully saturated rings. The maximum atomic E-state index is 11.1. The van der Waals surface area contributed by atoms with Crippen LogP contribution in [0.2, 0.25) is 0 Å². The summed E-state index contributed by atoms with van der Waals surface area (Å²) in [6.07, 6.45) is 2.75. The zero-order chi connectivity index (χ0) is 12.6. The van der Waals surface area contributed by atoms with Gasteiger partial charge in [-0.15, -0.1) is 0 Å². The molecule has 0 aliphatic rings. The molecular weight excluding hydrogens is 202 g/mol. The van der Waals surface area contributed by atoms with Gasteiger partial charge in [-0.05, 0) is 18.8 Å². The van der Waals surface area contributed by atoms with Crippen molar-refractivity contribution in [2.24, 2.45) is 11.8 Å². The summed E-state index contributed by atoms with van der Waals surface area (Å²) in [4.78, 5) is 13.5. The van der Waals surface area contributed by atoms with Crippen LogP contribution in [0.25, 0.3) is 0 Å². The second-order valence-corrected chi connectivity index (χ2v) is 4.68. The Morgan fingerprint density at radius 2 is 1.88 bits per heavy atom. The van der Waals surface area contributed by atoms with E-state index in [0.29, 0.717) is 18.4 Å². The van der Waals surface area contributed by atoms with Gasteiger partial charge in [0.05, 0.1) is 0 Å². The molecule has 0 aliphatic carbocycles. The van der Waals surface area contributed by atoms with Crippen LogP contribution in [0.3, 0.4) is 0 Å². The third kappa shape index (κ3) is 6.08. The summed E-state index contributed by atoms with van der Waals surface area (Å²) in [6.45, 7) is 10.7. The summed E-state index contributed by atoms with van der Waals surface area (Å²) in [6, 6.07) is 0.577. The second-order valence-electron chi connectivity index (χ2n) is 4.68. The first kappa shape index (κ1) is 15.4. The fourth-order valence-corrected chi connectivity index (χ4v) is 2.01. The monoisotopic (exact) mass is 229 g/mol. The molecule has 0 unspecified atom stereocenters. The van der Waals surface area contributed by atoms with E-state index in [2.05, 4.69) is 38.0 Å². The Balaban J connectivity index is 4.24. The highest BCUT2D eigenvalue weighted by Crippen LogP contribution is 2.11. The summed E-state index contributed by atoms with van der Waals surface area (Å²) in [5.41, 5.74) is 2.18. The fourth-order valence-electron chi connectivity index (χ4n) is 2.01. The quantitative estimate of drug-likeness (QED) is 0.377. The smallest absolute Gasteiger partial charge is 0.235 e. The van der Waals surface area contributed by atoms with Crippen LogP contribution in [-0.4, -0.2) is 29.9 Å². The maximum Gasteiger partial charge on any atom is 0.235 e. The van der Waals surface area contributed by atoms with Gasteiger partial charge < -0.3 is 0 Å². The number of amides is 1. The van der Waals surface area contributed by atoms with Gasteiger partial charge in [0.1, 0.15) is 0 Å². The van der Waals surface area contributed by atoms with Gasteiger partial charge in [0.15, 0.2) is 0 Å². The largest absolute Gasteiger partial charge is 0.300 e. The van der Waals surface area contributed by atoms with E-state index in [9.17, 15) is 4.79 Å². The Hall–Kier alpha value is -0.610. The highest BCUT2D eigenvalue weighted by atomic mass is 16.2. The molecular formula is C12H27N3O. The molecule has 96 valence electrons. The molecule has 0 aromatic carbocycles. The van der Waals surface area contributed by atoms with Crippen LogP contribution in [0.5, 0.6) is 0 Å². The van der Waals surface area contributed by atoms with Crippen LogP contribution in [0.1, 0.15) is 47.0 Å². The number of carbonyl (C=O) groups excluding carboxylic acids is 1. The van der Waals surface area contributed by atoms with E-state index in [1.54, 1.807) is 0 Å². The normalized spacial score (nSPS) is 11.5. The van der Waals surface area contributed by atoms with E-state index in [1.807, 2.05) is 0 Å². The van der Waals surface area contributed by atoms with Crippen LogP contribution >= 0.6 is 0 Å². The van der Waals surface area contributed by atoms with Crippen molar-refractivity contribution in [1.29, 1.82) is 0 Å². The number of hydrazine groups is 1. The van der Waals surface area contributed by atoms with Gasteiger partial charge >= 0.3 is 0 Å². The van der Waals surface area contributed by atoms with Gasteiger partial charge in [0, 0.05) is 25.6 Å². The lowest BCUT2D eigenvalue weighted by atomic mass is 10.1. The van der Waals surface area contributed by atoms with Crippen molar-refractivity contribution in [2.45, 2.75) is 53.0 Å². The molecule has 0 saturated heterocycles. The van der Waals surface area contributed by atoms with E-state index in [4.69, 9.17) is 5.84 Å². The Kier molecular flexibility index (Phi) is 8.21. The lowest BCUT2D eigenvalue weighted by Gasteiger charge is -2.31. The van der Waals surface area contributed by atoms with E-state index in [1.165, 1.54) is 0 Å². The number of hydrogen-bond donors (Lipinski definition) is 2. The van der Waals surface area contributed by atoms with Crippen LogP contribution in [0.4, 0.5) is 0 Å². The highest BCUT2D eigenvalue weighted by Gasteiger charge is 2.16. The van der Waals surface area contributed by atoms with Crippen molar-refractivity contribution in [3.63, 3.8) is 0 Å². The zero-order valence-electron chi connectivity index (χ0n) is 11.1. The van der Waals surface area contributed by atoms with E-state index in [-0.39, 0.29) is 5.91 Å².